The Labute approximate surface area is 153 Å². The number of quaternary nitrogens is 1. The maximum atomic E-state index is 13.9. The third-order valence-electron chi connectivity index (χ3n) is 4.63. The standard InChI is InChI=1S/C19H24FN3OS/c20-17-8-2-3-9-18(17)21-19(25)23(15-16-7-6-14-24-16)13-12-22-10-4-1-5-11-22/h2-3,6-9,14H,1,4-5,10-13,15H2,(H,21,25)/p+1. The molecule has 0 amide bonds. The quantitative estimate of drug-likeness (QED) is 0.774. The van der Waals surface area contributed by atoms with Gasteiger partial charge in [0.1, 0.15) is 11.6 Å². The molecule has 3 rings (SSSR count). The second kappa shape index (κ2) is 8.97. The second-order valence-electron chi connectivity index (χ2n) is 6.47. The zero-order valence-corrected chi connectivity index (χ0v) is 15.2. The molecule has 1 aromatic carbocycles. The van der Waals surface area contributed by atoms with E-state index in [2.05, 4.69) is 10.2 Å². The molecule has 0 unspecified atom stereocenters. The summed E-state index contributed by atoms with van der Waals surface area (Å²) in [6.07, 6.45) is 5.60. The molecule has 0 aliphatic carbocycles. The summed E-state index contributed by atoms with van der Waals surface area (Å²) in [5, 5.41) is 3.57. The van der Waals surface area contributed by atoms with Gasteiger partial charge in [-0.3, -0.25) is 0 Å². The van der Waals surface area contributed by atoms with Crippen LogP contribution in [0.5, 0.6) is 0 Å². The molecule has 0 atom stereocenters. The number of likely N-dealkylation sites (tertiary alicyclic amines) is 1. The first-order chi connectivity index (χ1) is 12.2. The second-order valence-corrected chi connectivity index (χ2v) is 6.86. The minimum atomic E-state index is -0.301. The SMILES string of the molecule is Fc1ccccc1NC(=S)N(CC[NH+]1CCCCC1)Cc1ccco1. The van der Waals surface area contributed by atoms with Crippen LogP contribution in [0.15, 0.2) is 47.1 Å². The number of halogens is 1. The molecule has 134 valence electrons. The maximum absolute atomic E-state index is 13.9. The van der Waals surface area contributed by atoms with Crippen molar-refractivity contribution in [2.45, 2.75) is 25.8 Å². The van der Waals surface area contributed by atoms with Gasteiger partial charge in [-0.15, -0.1) is 0 Å². The molecular weight excluding hydrogens is 337 g/mol. The molecule has 0 radical (unpaired) electrons. The number of para-hydroxylation sites is 1. The Balaban J connectivity index is 1.64. The van der Waals surface area contributed by atoms with E-state index in [1.807, 2.05) is 12.1 Å². The molecule has 1 aliphatic heterocycles. The lowest BCUT2D eigenvalue weighted by Crippen LogP contribution is -3.13. The van der Waals surface area contributed by atoms with Crippen LogP contribution in [-0.4, -0.2) is 36.2 Å². The van der Waals surface area contributed by atoms with Gasteiger partial charge in [-0.25, -0.2) is 4.39 Å². The summed E-state index contributed by atoms with van der Waals surface area (Å²) in [4.78, 5) is 3.67. The Hall–Kier alpha value is -1.92. The number of furan rings is 1. The van der Waals surface area contributed by atoms with Crippen molar-refractivity contribution in [1.82, 2.24) is 4.90 Å². The van der Waals surface area contributed by atoms with Crippen molar-refractivity contribution in [3.63, 3.8) is 0 Å². The summed E-state index contributed by atoms with van der Waals surface area (Å²) in [6, 6.07) is 10.4. The fraction of sp³-hybridized carbons (Fsp3) is 0.421. The Morgan fingerprint density at radius 1 is 1.16 bits per heavy atom. The number of benzene rings is 1. The topological polar surface area (TPSA) is 32.9 Å². The lowest BCUT2D eigenvalue weighted by atomic mass is 10.1. The molecule has 1 aromatic heterocycles. The van der Waals surface area contributed by atoms with Crippen LogP contribution < -0.4 is 10.2 Å². The van der Waals surface area contributed by atoms with Crippen LogP contribution in [-0.2, 0) is 6.54 Å². The van der Waals surface area contributed by atoms with Crippen LogP contribution >= 0.6 is 12.2 Å². The van der Waals surface area contributed by atoms with Gasteiger partial charge in [0.25, 0.3) is 0 Å². The highest BCUT2D eigenvalue weighted by atomic mass is 32.1. The van der Waals surface area contributed by atoms with Crippen LogP contribution in [0.25, 0.3) is 0 Å². The zero-order valence-electron chi connectivity index (χ0n) is 14.3. The van der Waals surface area contributed by atoms with Gasteiger partial charge >= 0.3 is 0 Å². The average Bonchev–Trinajstić information content (AvgIpc) is 3.14. The molecule has 0 bridgehead atoms. The highest BCUT2D eigenvalue weighted by molar-refractivity contribution is 7.80. The van der Waals surface area contributed by atoms with Crippen molar-refractivity contribution in [2.75, 3.05) is 31.5 Å². The van der Waals surface area contributed by atoms with Crippen LogP contribution in [0.2, 0.25) is 0 Å². The van der Waals surface area contributed by atoms with Crippen molar-refractivity contribution < 1.29 is 13.7 Å². The maximum Gasteiger partial charge on any atom is 0.174 e. The van der Waals surface area contributed by atoms with Crippen molar-refractivity contribution in [1.29, 1.82) is 0 Å². The summed E-state index contributed by atoms with van der Waals surface area (Å²) in [6.45, 7) is 4.88. The van der Waals surface area contributed by atoms with Crippen molar-refractivity contribution >= 4 is 23.0 Å². The molecule has 2 heterocycles. The molecule has 0 spiro atoms. The molecule has 6 heteroatoms. The van der Waals surface area contributed by atoms with Crippen LogP contribution in [0, 0.1) is 5.82 Å². The van der Waals surface area contributed by atoms with Gasteiger partial charge in [0.05, 0.1) is 44.7 Å². The number of nitrogens with zero attached hydrogens (tertiary/aromatic N) is 1. The Morgan fingerprint density at radius 3 is 2.68 bits per heavy atom. The van der Waals surface area contributed by atoms with Crippen molar-refractivity contribution in [3.05, 3.63) is 54.2 Å². The first-order valence-electron chi connectivity index (χ1n) is 8.89. The molecule has 2 aromatic rings. The number of hydrogen-bond donors (Lipinski definition) is 2. The van der Waals surface area contributed by atoms with Crippen molar-refractivity contribution in [3.8, 4) is 0 Å². The lowest BCUT2D eigenvalue weighted by Gasteiger charge is -2.29. The van der Waals surface area contributed by atoms with Crippen LogP contribution in [0.4, 0.5) is 10.1 Å². The molecule has 25 heavy (non-hydrogen) atoms. The molecule has 1 saturated heterocycles. The van der Waals surface area contributed by atoms with Gasteiger partial charge in [0.15, 0.2) is 5.11 Å². The van der Waals surface area contributed by atoms with E-state index in [1.165, 1.54) is 38.4 Å². The Kier molecular flexibility index (Phi) is 6.42. The predicted octanol–water partition coefficient (Wildman–Crippen LogP) is 2.69. The summed E-state index contributed by atoms with van der Waals surface area (Å²) in [5.41, 5.74) is 0.405. The summed E-state index contributed by atoms with van der Waals surface area (Å²) in [7, 11) is 0. The minimum Gasteiger partial charge on any atom is -0.467 e. The predicted molar refractivity (Wildman–Crippen MR) is 101 cm³/mol. The summed E-state index contributed by atoms with van der Waals surface area (Å²) in [5.74, 6) is 0.552. The normalized spacial score (nSPS) is 15.1. The van der Waals surface area contributed by atoms with E-state index in [4.69, 9.17) is 16.6 Å². The smallest absolute Gasteiger partial charge is 0.174 e. The number of nitrogens with one attached hydrogen (secondary N) is 2. The van der Waals surface area contributed by atoms with Gasteiger partial charge in [0.2, 0.25) is 0 Å². The molecule has 4 nitrogen and oxygen atoms in total. The number of thiocarbonyl (C=S) groups is 1. The fourth-order valence-corrected chi connectivity index (χ4v) is 3.46. The van der Waals surface area contributed by atoms with Gasteiger partial charge in [0, 0.05) is 0 Å². The molecule has 0 saturated carbocycles. The number of anilines is 1. The van der Waals surface area contributed by atoms with Gasteiger partial charge in [-0.2, -0.15) is 0 Å². The average molecular weight is 362 g/mol. The third-order valence-corrected chi connectivity index (χ3v) is 4.99. The monoisotopic (exact) mass is 362 g/mol. The highest BCUT2D eigenvalue weighted by Gasteiger charge is 2.18. The van der Waals surface area contributed by atoms with E-state index in [0.717, 1.165) is 18.8 Å². The number of piperidine rings is 1. The molecule has 2 N–H and O–H groups in total. The van der Waals surface area contributed by atoms with Gasteiger partial charge in [-0.05, 0) is 55.7 Å². The van der Waals surface area contributed by atoms with Crippen molar-refractivity contribution in [2.24, 2.45) is 0 Å². The van der Waals surface area contributed by atoms with E-state index in [-0.39, 0.29) is 5.82 Å². The van der Waals surface area contributed by atoms with E-state index in [1.54, 1.807) is 29.4 Å². The zero-order chi connectivity index (χ0) is 17.5. The van der Waals surface area contributed by atoms with E-state index in [9.17, 15) is 4.39 Å². The minimum absolute atomic E-state index is 0.301. The summed E-state index contributed by atoms with van der Waals surface area (Å²) >= 11 is 5.55. The lowest BCUT2D eigenvalue weighted by molar-refractivity contribution is -0.904. The van der Waals surface area contributed by atoms with E-state index >= 15 is 0 Å². The largest absolute Gasteiger partial charge is 0.467 e. The Morgan fingerprint density at radius 2 is 1.96 bits per heavy atom. The Bertz CT molecular complexity index is 671. The first-order valence-corrected chi connectivity index (χ1v) is 9.29. The van der Waals surface area contributed by atoms with Crippen LogP contribution in [0.1, 0.15) is 25.0 Å². The summed E-state index contributed by atoms with van der Waals surface area (Å²) < 4.78 is 19.4. The van der Waals surface area contributed by atoms with Crippen LogP contribution in [0.3, 0.4) is 0 Å². The third kappa shape index (κ3) is 5.28. The molecule has 1 fully saturated rings. The van der Waals surface area contributed by atoms with E-state index in [0.29, 0.717) is 17.3 Å². The first kappa shape index (κ1) is 17.9. The molecular formula is C19H25FN3OS+. The van der Waals surface area contributed by atoms with Gasteiger partial charge < -0.3 is 19.5 Å². The fourth-order valence-electron chi connectivity index (χ4n) is 3.19. The number of hydrogen-bond acceptors (Lipinski definition) is 2. The number of rotatable bonds is 6. The highest BCUT2D eigenvalue weighted by Crippen LogP contribution is 2.14. The van der Waals surface area contributed by atoms with E-state index < -0.39 is 0 Å². The van der Waals surface area contributed by atoms with Gasteiger partial charge in [-0.1, -0.05) is 12.1 Å². The molecule has 1 aliphatic rings.